The van der Waals surface area contributed by atoms with Crippen LogP contribution in [0.2, 0.25) is 0 Å². The third-order valence-corrected chi connectivity index (χ3v) is 7.50. The second-order valence-corrected chi connectivity index (χ2v) is 10.9. The minimum Gasteiger partial charge on any atom is -0.307 e. The quantitative estimate of drug-likeness (QED) is 0.243. The predicted octanol–water partition coefficient (Wildman–Crippen LogP) is 9.45. The van der Waals surface area contributed by atoms with Crippen LogP contribution < -0.4 is 0 Å². The number of hydrogen-bond acceptors (Lipinski definition) is 1. The molecule has 0 aliphatic heterocycles. The molecule has 37 heavy (non-hydrogen) atoms. The zero-order valence-electron chi connectivity index (χ0n) is 21.4. The first-order valence-electron chi connectivity index (χ1n) is 12.9. The average Bonchev–Trinajstić information content (AvgIpc) is 3.24. The Balaban J connectivity index is 1.65. The number of benzene rings is 5. The highest BCUT2D eigenvalue weighted by molar-refractivity contribution is 6.16. The molecule has 0 N–H and O–H groups in total. The molecule has 178 valence electrons. The first kappa shape index (κ1) is 21.8. The molecule has 0 saturated carbocycles. The minimum absolute atomic E-state index is 0.00731. The number of pyridine rings is 1. The van der Waals surface area contributed by atoms with Gasteiger partial charge in [-0.15, -0.1) is 0 Å². The number of hydrogen-bond donors (Lipinski definition) is 0. The number of aromatic nitrogens is 2. The van der Waals surface area contributed by atoms with E-state index in [-0.39, 0.29) is 5.41 Å². The van der Waals surface area contributed by atoms with Crippen LogP contribution in [0.15, 0.2) is 115 Å². The molecule has 0 aliphatic carbocycles. The normalized spacial score (nSPS) is 12.2. The number of nitrogens with zero attached hydrogens (tertiary/aromatic N) is 2. The molecule has 2 heteroatoms. The van der Waals surface area contributed by atoms with Crippen molar-refractivity contribution in [3.63, 3.8) is 0 Å². The van der Waals surface area contributed by atoms with Gasteiger partial charge >= 0.3 is 0 Å². The van der Waals surface area contributed by atoms with Gasteiger partial charge in [-0.05, 0) is 75.0 Å². The first-order chi connectivity index (χ1) is 18.0. The van der Waals surface area contributed by atoms with Crippen molar-refractivity contribution in [3.8, 4) is 16.9 Å². The summed E-state index contributed by atoms with van der Waals surface area (Å²) >= 11 is 0. The zero-order chi connectivity index (χ0) is 25.1. The van der Waals surface area contributed by atoms with Crippen molar-refractivity contribution >= 4 is 43.4 Å². The number of rotatable bonds is 2. The minimum atomic E-state index is 0.00731. The lowest BCUT2D eigenvalue weighted by molar-refractivity contribution is 0.596. The topological polar surface area (TPSA) is 17.8 Å². The second-order valence-electron chi connectivity index (χ2n) is 10.9. The summed E-state index contributed by atoms with van der Waals surface area (Å²) in [6.07, 6.45) is 1.97. The van der Waals surface area contributed by atoms with E-state index in [0.29, 0.717) is 0 Å². The Bertz CT molecular complexity index is 1950. The van der Waals surface area contributed by atoms with Gasteiger partial charge in [0, 0.05) is 28.2 Å². The Morgan fingerprint density at radius 2 is 1.27 bits per heavy atom. The van der Waals surface area contributed by atoms with Crippen molar-refractivity contribution < 1.29 is 0 Å². The van der Waals surface area contributed by atoms with Crippen molar-refractivity contribution in [2.45, 2.75) is 26.2 Å². The van der Waals surface area contributed by atoms with E-state index in [2.05, 4.69) is 135 Å². The summed E-state index contributed by atoms with van der Waals surface area (Å²) in [5.74, 6) is 0. The lowest BCUT2D eigenvalue weighted by Gasteiger charge is -2.23. The predicted molar refractivity (Wildman–Crippen MR) is 158 cm³/mol. The fourth-order valence-electron chi connectivity index (χ4n) is 5.77. The molecule has 7 rings (SSSR count). The maximum atomic E-state index is 5.04. The molecule has 0 saturated heterocycles. The fraction of sp³-hybridized carbons (Fsp3) is 0.114. The van der Waals surface area contributed by atoms with Crippen molar-refractivity contribution in [1.29, 1.82) is 0 Å². The Hall–Kier alpha value is -4.43. The fourth-order valence-corrected chi connectivity index (χ4v) is 5.77. The van der Waals surface area contributed by atoms with Gasteiger partial charge in [0.25, 0.3) is 0 Å². The molecule has 0 radical (unpaired) electrons. The van der Waals surface area contributed by atoms with Gasteiger partial charge in [0.2, 0.25) is 0 Å². The summed E-state index contributed by atoms with van der Waals surface area (Å²) < 4.78 is 2.39. The SMILES string of the molecule is CC(C)(C)c1cc(-c2nccc3c4cc5ccccc5cc4n(-c4ccccc4)c23)cc2ccccc12. The third kappa shape index (κ3) is 3.44. The van der Waals surface area contributed by atoms with Crippen LogP contribution in [-0.4, -0.2) is 9.55 Å². The van der Waals surface area contributed by atoms with E-state index in [1.807, 2.05) is 6.20 Å². The molecular formula is C35H28N2. The maximum absolute atomic E-state index is 5.04. The summed E-state index contributed by atoms with van der Waals surface area (Å²) in [6.45, 7) is 6.87. The molecule has 0 amide bonds. The van der Waals surface area contributed by atoms with Gasteiger partial charge in [-0.25, -0.2) is 0 Å². The molecule has 0 bridgehead atoms. The van der Waals surface area contributed by atoms with Crippen LogP contribution in [-0.2, 0) is 5.41 Å². The number of fused-ring (bicyclic) bond motifs is 5. The second kappa shape index (κ2) is 8.04. The Morgan fingerprint density at radius 3 is 2.03 bits per heavy atom. The molecule has 0 aliphatic rings. The standard InChI is InChI=1S/C35H28N2/c1-35(2,3)31-21-26(19-25-13-9-10-16-28(25)31)33-34-29(17-18-36-33)30-20-23-11-7-8-12-24(23)22-32(30)37(34)27-14-5-4-6-15-27/h4-22H,1-3H3. The molecule has 2 nitrogen and oxygen atoms in total. The van der Waals surface area contributed by atoms with Crippen molar-refractivity contribution in [2.75, 3.05) is 0 Å². The van der Waals surface area contributed by atoms with E-state index in [1.54, 1.807) is 0 Å². The van der Waals surface area contributed by atoms with Gasteiger partial charge < -0.3 is 4.57 Å². The summed E-state index contributed by atoms with van der Waals surface area (Å²) in [6, 6.07) is 39.5. The molecule has 2 heterocycles. The molecule has 2 aromatic heterocycles. The Kier molecular flexibility index (Phi) is 4.74. The maximum Gasteiger partial charge on any atom is 0.0949 e. The van der Waals surface area contributed by atoms with Crippen LogP contribution in [0.1, 0.15) is 26.3 Å². The summed E-state index contributed by atoms with van der Waals surface area (Å²) in [5.41, 5.74) is 7.00. The van der Waals surface area contributed by atoms with Crippen LogP contribution in [0.3, 0.4) is 0 Å². The lowest BCUT2D eigenvalue weighted by Crippen LogP contribution is -2.12. The molecule has 0 fully saturated rings. The van der Waals surface area contributed by atoms with Crippen LogP contribution in [0.25, 0.3) is 60.3 Å². The molecular weight excluding hydrogens is 448 g/mol. The highest BCUT2D eigenvalue weighted by Crippen LogP contribution is 2.41. The van der Waals surface area contributed by atoms with Crippen LogP contribution in [0, 0.1) is 0 Å². The summed E-state index contributed by atoms with van der Waals surface area (Å²) in [5, 5.41) is 7.52. The highest BCUT2D eigenvalue weighted by Gasteiger charge is 2.22. The molecule has 5 aromatic carbocycles. The molecule has 7 aromatic rings. The largest absolute Gasteiger partial charge is 0.307 e. The first-order valence-corrected chi connectivity index (χ1v) is 12.9. The van der Waals surface area contributed by atoms with E-state index < -0.39 is 0 Å². The lowest BCUT2D eigenvalue weighted by atomic mass is 9.82. The average molecular weight is 477 g/mol. The van der Waals surface area contributed by atoms with E-state index in [0.717, 1.165) is 22.5 Å². The van der Waals surface area contributed by atoms with E-state index in [4.69, 9.17) is 4.98 Å². The number of para-hydroxylation sites is 1. The smallest absolute Gasteiger partial charge is 0.0949 e. The third-order valence-electron chi connectivity index (χ3n) is 7.50. The van der Waals surface area contributed by atoms with Gasteiger partial charge in [0.1, 0.15) is 0 Å². The monoisotopic (exact) mass is 476 g/mol. The van der Waals surface area contributed by atoms with Crippen LogP contribution in [0.4, 0.5) is 0 Å². The highest BCUT2D eigenvalue weighted by atomic mass is 15.0. The summed E-state index contributed by atoms with van der Waals surface area (Å²) in [7, 11) is 0. The summed E-state index contributed by atoms with van der Waals surface area (Å²) in [4.78, 5) is 5.04. The van der Waals surface area contributed by atoms with Crippen molar-refractivity contribution in [2.24, 2.45) is 0 Å². The van der Waals surface area contributed by atoms with Crippen LogP contribution in [0.5, 0.6) is 0 Å². The van der Waals surface area contributed by atoms with E-state index >= 15 is 0 Å². The Morgan fingerprint density at radius 1 is 0.595 bits per heavy atom. The molecule has 0 unspecified atom stereocenters. The van der Waals surface area contributed by atoms with Crippen LogP contribution >= 0.6 is 0 Å². The van der Waals surface area contributed by atoms with Gasteiger partial charge in [-0.1, -0.05) is 87.5 Å². The molecule has 0 atom stereocenters. The Labute approximate surface area is 216 Å². The van der Waals surface area contributed by atoms with Crippen molar-refractivity contribution in [3.05, 3.63) is 121 Å². The van der Waals surface area contributed by atoms with E-state index in [9.17, 15) is 0 Å². The van der Waals surface area contributed by atoms with E-state index in [1.165, 1.54) is 43.4 Å². The van der Waals surface area contributed by atoms with Crippen molar-refractivity contribution in [1.82, 2.24) is 9.55 Å². The van der Waals surface area contributed by atoms with Gasteiger partial charge in [-0.3, -0.25) is 4.98 Å². The van der Waals surface area contributed by atoms with Gasteiger partial charge in [0.15, 0.2) is 0 Å². The molecule has 0 spiro atoms. The zero-order valence-corrected chi connectivity index (χ0v) is 21.4. The van der Waals surface area contributed by atoms with Gasteiger partial charge in [0.05, 0.1) is 16.7 Å². The van der Waals surface area contributed by atoms with Gasteiger partial charge in [-0.2, -0.15) is 0 Å².